The summed E-state index contributed by atoms with van der Waals surface area (Å²) in [4.78, 5) is 2.71. The summed E-state index contributed by atoms with van der Waals surface area (Å²) in [6.45, 7) is 6.13. The van der Waals surface area contributed by atoms with E-state index in [4.69, 9.17) is 0 Å². The van der Waals surface area contributed by atoms with Crippen molar-refractivity contribution in [3.63, 3.8) is 0 Å². The number of hydrogen-bond acceptors (Lipinski definition) is 2. The normalized spacial score (nSPS) is 31.4. The lowest BCUT2D eigenvalue weighted by molar-refractivity contribution is 0.109. The van der Waals surface area contributed by atoms with E-state index >= 15 is 0 Å². The van der Waals surface area contributed by atoms with Crippen molar-refractivity contribution in [3.8, 4) is 0 Å². The maximum absolute atomic E-state index is 3.89. The van der Waals surface area contributed by atoms with Gasteiger partial charge >= 0.3 is 0 Å². The maximum Gasteiger partial charge on any atom is 0.0259 e. The average Bonchev–Trinajstić information content (AvgIpc) is 2.67. The van der Waals surface area contributed by atoms with Crippen LogP contribution in [0.2, 0.25) is 0 Å². The molecule has 1 aromatic carbocycles. The standard InChI is InChI=1S/C16H22N2/c1-2-6-15-16-10-9-14(11-17-15)18(16)12-13-7-4-3-5-8-13/h2-5,7-8,14-17H,1,6,9-12H2/t14-,15?,16+/m0/s1. The molecule has 0 amide bonds. The Morgan fingerprint density at radius 1 is 1.28 bits per heavy atom. The minimum Gasteiger partial charge on any atom is -0.311 e. The van der Waals surface area contributed by atoms with Crippen LogP contribution in [0.5, 0.6) is 0 Å². The van der Waals surface area contributed by atoms with Gasteiger partial charge in [0.15, 0.2) is 0 Å². The molecule has 0 radical (unpaired) electrons. The molecule has 2 saturated heterocycles. The summed E-state index contributed by atoms with van der Waals surface area (Å²) in [5.74, 6) is 0. The second-order valence-corrected chi connectivity index (χ2v) is 5.50. The molecule has 2 heteroatoms. The molecule has 2 aliphatic heterocycles. The molecular weight excluding hydrogens is 220 g/mol. The van der Waals surface area contributed by atoms with Crippen molar-refractivity contribution in [2.75, 3.05) is 6.54 Å². The monoisotopic (exact) mass is 242 g/mol. The summed E-state index contributed by atoms with van der Waals surface area (Å²) in [7, 11) is 0. The number of benzene rings is 1. The Balaban J connectivity index is 1.73. The van der Waals surface area contributed by atoms with E-state index in [1.54, 1.807) is 0 Å². The average molecular weight is 242 g/mol. The van der Waals surface area contributed by atoms with Crippen molar-refractivity contribution in [2.45, 2.75) is 43.9 Å². The highest BCUT2D eigenvalue weighted by atomic mass is 15.3. The first-order valence-corrected chi connectivity index (χ1v) is 7.02. The van der Waals surface area contributed by atoms with Crippen LogP contribution in [0, 0.1) is 0 Å². The van der Waals surface area contributed by atoms with Crippen LogP contribution in [0.25, 0.3) is 0 Å². The fraction of sp³-hybridized carbons (Fsp3) is 0.500. The van der Waals surface area contributed by atoms with Gasteiger partial charge in [-0.25, -0.2) is 0 Å². The van der Waals surface area contributed by atoms with Crippen molar-refractivity contribution in [1.29, 1.82) is 0 Å². The van der Waals surface area contributed by atoms with Crippen molar-refractivity contribution in [3.05, 3.63) is 48.6 Å². The van der Waals surface area contributed by atoms with E-state index < -0.39 is 0 Å². The van der Waals surface area contributed by atoms with E-state index in [-0.39, 0.29) is 0 Å². The van der Waals surface area contributed by atoms with Gasteiger partial charge in [-0.15, -0.1) is 6.58 Å². The molecule has 2 fully saturated rings. The predicted octanol–water partition coefficient (Wildman–Crippen LogP) is 2.57. The molecular formula is C16H22N2. The SMILES string of the molecule is C=CCC1NC[C@@H]2CC[C@H]1N2Cc1ccccc1. The molecule has 3 rings (SSSR count). The molecule has 0 aliphatic carbocycles. The van der Waals surface area contributed by atoms with E-state index in [9.17, 15) is 0 Å². The smallest absolute Gasteiger partial charge is 0.0259 e. The minimum atomic E-state index is 0.602. The van der Waals surface area contributed by atoms with Crippen LogP contribution in [0.3, 0.4) is 0 Å². The molecule has 96 valence electrons. The van der Waals surface area contributed by atoms with E-state index in [0.29, 0.717) is 12.1 Å². The van der Waals surface area contributed by atoms with Crippen molar-refractivity contribution in [1.82, 2.24) is 10.2 Å². The zero-order valence-corrected chi connectivity index (χ0v) is 10.9. The van der Waals surface area contributed by atoms with Gasteiger partial charge in [0, 0.05) is 31.2 Å². The zero-order valence-electron chi connectivity index (χ0n) is 10.9. The van der Waals surface area contributed by atoms with E-state index in [2.05, 4.69) is 53.2 Å². The molecule has 0 aromatic heterocycles. The van der Waals surface area contributed by atoms with Crippen LogP contribution in [0.1, 0.15) is 24.8 Å². The molecule has 3 atom stereocenters. The van der Waals surface area contributed by atoms with Gasteiger partial charge < -0.3 is 5.32 Å². The first-order valence-electron chi connectivity index (χ1n) is 7.02. The van der Waals surface area contributed by atoms with Gasteiger partial charge in [0.2, 0.25) is 0 Å². The van der Waals surface area contributed by atoms with Gasteiger partial charge in [-0.2, -0.15) is 0 Å². The predicted molar refractivity (Wildman–Crippen MR) is 75.4 cm³/mol. The summed E-state index contributed by atoms with van der Waals surface area (Å²) in [6, 6.07) is 12.9. The number of hydrogen-bond donors (Lipinski definition) is 1. The number of piperazine rings is 1. The van der Waals surface area contributed by atoms with Crippen molar-refractivity contribution < 1.29 is 0 Å². The van der Waals surface area contributed by atoms with Gasteiger partial charge in [0.05, 0.1) is 0 Å². The summed E-state index contributed by atoms with van der Waals surface area (Å²) in [6.07, 6.45) is 5.82. The van der Waals surface area contributed by atoms with Crippen LogP contribution >= 0.6 is 0 Å². The third-order valence-corrected chi connectivity index (χ3v) is 4.40. The molecule has 1 N–H and O–H groups in total. The summed E-state index contributed by atoms with van der Waals surface area (Å²) in [5.41, 5.74) is 1.44. The Hall–Kier alpha value is -1.12. The van der Waals surface area contributed by atoms with Gasteiger partial charge in [-0.3, -0.25) is 4.90 Å². The maximum atomic E-state index is 3.89. The van der Waals surface area contributed by atoms with Crippen LogP contribution in [0.4, 0.5) is 0 Å². The highest BCUT2D eigenvalue weighted by Crippen LogP contribution is 2.32. The Morgan fingerprint density at radius 2 is 2.11 bits per heavy atom. The van der Waals surface area contributed by atoms with Crippen molar-refractivity contribution in [2.24, 2.45) is 0 Å². The molecule has 1 unspecified atom stereocenters. The fourth-order valence-corrected chi connectivity index (χ4v) is 3.50. The van der Waals surface area contributed by atoms with Crippen LogP contribution in [0.15, 0.2) is 43.0 Å². The van der Waals surface area contributed by atoms with Gasteiger partial charge in [0.25, 0.3) is 0 Å². The lowest BCUT2D eigenvalue weighted by atomic mass is 10.0. The quantitative estimate of drug-likeness (QED) is 0.816. The van der Waals surface area contributed by atoms with Gasteiger partial charge in [-0.1, -0.05) is 36.4 Å². The third kappa shape index (κ3) is 2.23. The largest absolute Gasteiger partial charge is 0.311 e. The number of nitrogens with zero attached hydrogens (tertiary/aromatic N) is 1. The molecule has 1 aromatic rings. The van der Waals surface area contributed by atoms with Gasteiger partial charge in [0.1, 0.15) is 0 Å². The molecule has 2 bridgehead atoms. The first-order chi connectivity index (χ1) is 8.88. The molecule has 18 heavy (non-hydrogen) atoms. The molecule has 2 heterocycles. The highest BCUT2D eigenvalue weighted by molar-refractivity contribution is 5.16. The minimum absolute atomic E-state index is 0.602. The molecule has 2 aliphatic rings. The summed E-state index contributed by atoms with van der Waals surface area (Å²) in [5, 5.41) is 3.68. The summed E-state index contributed by atoms with van der Waals surface area (Å²) < 4.78 is 0. The van der Waals surface area contributed by atoms with E-state index in [0.717, 1.165) is 25.6 Å². The Morgan fingerprint density at radius 3 is 2.89 bits per heavy atom. The lowest BCUT2D eigenvalue weighted by Crippen LogP contribution is -2.57. The molecule has 0 saturated carbocycles. The highest BCUT2D eigenvalue weighted by Gasteiger charge is 2.41. The Bertz CT molecular complexity index is 401. The topological polar surface area (TPSA) is 15.3 Å². The Labute approximate surface area is 110 Å². The van der Waals surface area contributed by atoms with Crippen LogP contribution in [-0.4, -0.2) is 29.6 Å². The summed E-state index contributed by atoms with van der Waals surface area (Å²) >= 11 is 0. The van der Waals surface area contributed by atoms with E-state index in [1.807, 2.05) is 0 Å². The Kier molecular flexibility index (Phi) is 3.48. The van der Waals surface area contributed by atoms with Crippen LogP contribution < -0.4 is 5.32 Å². The number of fused-ring (bicyclic) bond motifs is 2. The lowest BCUT2D eigenvalue weighted by Gasteiger charge is -2.40. The van der Waals surface area contributed by atoms with E-state index in [1.165, 1.54) is 18.4 Å². The number of nitrogens with one attached hydrogen (secondary N) is 1. The molecule has 2 nitrogen and oxygen atoms in total. The third-order valence-electron chi connectivity index (χ3n) is 4.40. The van der Waals surface area contributed by atoms with Gasteiger partial charge in [-0.05, 0) is 24.8 Å². The first kappa shape index (κ1) is 11.9. The zero-order chi connectivity index (χ0) is 12.4. The van der Waals surface area contributed by atoms with Crippen molar-refractivity contribution >= 4 is 0 Å². The second kappa shape index (κ2) is 5.25. The molecule has 0 spiro atoms. The number of rotatable bonds is 4. The fourth-order valence-electron chi connectivity index (χ4n) is 3.50. The second-order valence-electron chi connectivity index (χ2n) is 5.50. The van der Waals surface area contributed by atoms with Crippen LogP contribution in [-0.2, 0) is 6.54 Å².